The molecule has 0 aliphatic carbocycles. The van der Waals surface area contributed by atoms with Crippen LogP contribution in [0, 0.1) is 0 Å². The summed E-state index contributed by atoms with van der Waals surface area (Å²) < 4.78 is 0. The lowest BCUT2D eigenvalue weighted by atomic mass is 10.1. The molecule has 1 N–H and O–H groups in total. The van der Waals surface area contributed by atoms with E-state index in [1.54, 1.807) is 0 Å². The first kappa shape index (κ1) is 19.8. The molecule has 3 rings (SSSR count). The molecule has 6 nitrogen and oxygen atoms in total. The van der Waals surface area contributed by atoms with Crippen LogP contribution in [-0.2, 0) is 9.59 Å². The molecule has 0 aromatic heterocycles. The van der Waals surface area contributed by atoms with E-state index >= 15 is 0 Å². The third kappa shape index (κ3) is 6.04. The smallest absolute Gasteiger partial charge is 0.236 e. The Morgan fingerprint density at radius 2 is 1.48 bits per heavy atom. The summed E-state index contributed by atoms with van der Waals surface area (Å²) in [5, 5.41) is 3.07. The lowest BCUT2D eigenvalue weighted by molar-refractivity contribution is -0.134. The van der Waals surface area contributed by atoms with Crippen LogP contribution in [-0.4, -0.2) is 78.9 Å². The molecule has 2 amide bonds. The van der Waals surface area contributed by atoms with Crippen LogP contribution in [0.25, 0.3) is 0 Å². The summed E-state index contributed by atoms with van der Waals surface area (Å²) in [4.78, 5) is 31.1. The molecule has 1 aromatic carbocycles. The fourth-order valence-corrected chi connectivity index (χ4v) is 3.86. The fourth-order valence-electron chi connectivity index (χ4n) is 3.86. The van der Waals surface area contributed by atoms with Crippen molar-refractivity contribution in [2.75, 3.05) is 52.4 Å². The molecule has 1 unspecified atom stereocenters. The molecule has 1 atom stereocenters. The van der Waals surface area contributed by atoms with E-state index in [0.29, 0.717) is 13.1 Å². The molecule has 0 spiro atoms. The second-order valence-corrected chi connectivity index (χ2v) is 7.69. The van der Waals surface area contributed by atoms with Crippen molar-refractivity contribution in [2.24, 2.45) is 0 Å². The molecule has 148 valence electrons. The number of likely N-dealkylation sites (tertiary alicyclic amines) is 1. The van der Waals surface area contributed by atoms with Crippen LogP contribution in [0.4, 0.5) is 0 Å². The zero-order chi connectivity index (χ0) is 19.1. The number of hydrogen-bond donors (Lipinski definition) is 1. The number of carbonyl (C=O) groups excluding carboxylic acids is 2. The summed E-state index contributed by atoms with van der Waals surface area (Å²) in [6, 6.07) is 10.0. The summed E-state index contributed by atoms with van der Waals surface area (Å²) in [6.07, 6.45) is 3.51. The van der Waals surface area contributed by atoms with Gasteiger partial charge in [0.05, 0.1) is 19.1 Å². The summed E-state index contributed by atoms with van der Waals surface area (Å²) in [5.74, 6) is 0.321. The molecule has 2 aliphatic heterocycles. The lowest BCUT2D eigenvalue weighted by Crippen LogP contribution is -2.52. The van der Waals surface area contributed by atoms with Gasteiger partial charge in [0, 0.05) is 39.3 Å². The number of amides is 2. The number of benzene rings is 1. The maximum absolute atomic E-state index is 12.4. The molecule has 2 saturated heterocycles. The molecule has 2 aliphatic rings. The number of piperidine rings is 1. The molecular weight excluding hydrogens is 340 g/mol. The predicted molar refractivity (Wildman–Crippen MR) is 106 cm³/mol. The summed E-state index contributed by atoms with van der Waals surface area (Å²) in [5.41, 5.74) is 1.12. The molecule has 1 aromatic rings. The predicted octanol–water partition coefficient (Wildman–Crippen LogP) is 1.49. The van der Waals surface area contributed by atoms with Gasteiger partial charge in [-0.15, -0.1) is 0 Å². The molecule has 2 fully saturated rings. The monoisotopic (exact) mass is 372 g/mol. The van der Waals surface area contributed by atoms with Crippen molar-refractivity contribution in [1.29, 1.82) is 0 Å². The molecule has 0 bridgehead atoms. The van der Waals surface area contributed by atoms with E-state index < -0.39 is 0 Å². The highest BCUT2D eigenvalue weighted by Crippen LogP contribution is 2.12. The zero-order valence-corrected chi connectivity index (χ0v) is 16.4. The van der Waals surface area contributed by atoms with Crippen molar-refractivity contribution in [3.05, 3.63) is 35.9 Å². The number of hydrogen-bond acceptors (Lipinski definition) is 4. The lowest BCUT2D eigenvalue weighted by Gasteiger charge is -2.35. The van der Waals surface area contributed by atoms with Gasteiger partial charge in [-0.05, 0) is 31.7 Å². The van der Waals surface area contributed by atoms with Crippen molar-refractivity contribution >= 4 is 11.8 Å². The van der Waals surface area contributed by atoms with E-state index in [1.165, 1.54) is 6.42 Å². The van der Waals surface area contributed by atoms with E-state index in [-0.39, 0.29) is 17.9 Å². The van der Waals surface area contributed by atoms with Crippen molar-refractivity contribution in [2.45, 2.75) is 32.2 Å². The molecular formula is C21H32N4O2. The van der Waals surface area contributed by atoms with Gasteiger partial charge in [-0.3, -0.25) is 19.4 Å². The fraction of sp³-hybridized carbons (Fsp3) is 0.619. The summed E-state index contributed by atoms with van der Waals surface area (Å²) >= 11 is 0. The van der Waals surface area contributed by atoms with E-state index in [4.69, 9.17) is 0 Å². The van der Waals surface area contributed by atoms with Crippen LogP contribution in [0.5, 0.6) is 0 Å². The Kier molecular flexibility index (Phi) is 7.24. The number of rotatable bonds is 6. The number of nitrogens with one attached hydrogen (secondary N) is 1. The van der Waals surface area contributed by atoms with Gasteiger partial charge in [0.15, 0.2) is 0 Å². The van der Waals surface area contributed by atoms with E-state index in [0.717, 1.165) is 57.7 Å². The average molecular weight is 373 g/mol. The van der Waals surface area contributed by atoms with Gasteiger partial charge in [-0.2, -0.15) is 0 Å². The van der Waals surface area contributed by atoms with Crippen LogP contribution >= 0.6 is 0 Å². The van der Waals surface area contributed by atoms with E-state index in [1.807, 2.05) is 42.2 Å². The van der Waals surface area contributed by atoms with Gasteiger partial charge in [0.25, 0.3) is 0 Å². The summed E-state index contributed by atoms with van der Waals surface area (Å²) in [7, 11) is 0. The third-order valence-corrected chi connectivity index (χ3v) is 5.58. The quantitative estimate of drug-likeness (QED) is 0.822. The topological polar surface area (TPSA) is 55.9 Å². The largest absolute Gasteiger partial charge is 0.348 e. The van der Waals surface area contributed by atoms with Crippen LogP contribution in [0.3, 0.4) is 0 Å². The first-order chi connectivity index (χ1) is 13.1. The van der Waals surface area contributed by atoms with Gasteiger partial charge in [-0.25, -0.2) is 0 Å². The van der Waals surface area contributed by atoms with Crippen molar-refractivity contribution < 1.29 is 9.59 Å². The van der Waals surface area contributed by atoms with Crippen LogP contribution in [0.15, 0.2) is 30.3 Å². The van der Waals surface area contributed by atoms with Crippen molar-refractivity contribution in [3.63, 3.8) is 0 Å². The minimum atomic E-state index is 0.0159. The second kappa shape index (κ2) is 9.85. The van der Waals surface area contributed by atoms with Crippen LogP contribution in [0.1, 0.15) is 37.8 Å². The minimum Gasteiger partial charge on any atom is -0.348 e. The highest BCUT2D eigenvalue weighted by Gasteiger charge is 2.23. The standard InChI is InChI=1S/C21H32N4O2/c1-18(19-8-4-2-5-9-19)22-20(26)16-23-12-14-24(15-13-23)17-21(27)25-10-6-3-7-11-25/h2,4-5,8-9,18H,3,6-7,10-17H2,1H3,(H,22,26). The zero-order valence-electron chi connectivity index (χ0n) is 16.4. The highest BCUT2D eigenvalue weighted by atomic mass is 16.2. The molecule has 2 heterocycles. The molecule has 0 radical (unpaired) electrons. The Labute approximate surface area is 162 Å². The molecule has 27 heavy (non-hydrogen) atoms. The number of piperazine rings is 1. The highest BCUT2D eigenvalue weighted by molar-refractivity contribution is 5.79. The first-order valence-corrected chi connectivity index (χ1v) is 10.2. The Morgan fingerprint density at radius 3 is 2.11 bits per heavy atom. The SMILES string of the molecule is CC(NC(=O)CN1CCN(CC(=O)N2CCCCC2)CC1)c1ccccc1. The molecule has 0 saturated carbocycles. The molecule has 6 heteroatoms. The van der Waals surface area contributed by atoms with Gasteiger partial charge >= 0.3 is 0 Å². The van der Waals surface area contributed by atoms with Crippen LogP contribution < -0.4 is 5.32 Å². The first-order valence-electron chi connectivity index (χ1n) is 10.2. The summed E-state index contributed by atoms with van der Waals surface area (Å²) in [6.45, 7) is 8.15. The van der Waals surface area contributed by atoms with Crippen molar-refractivity contribution in [3.8, 4) is 0 Å². The number of carbonyl (C=O) groups is 2. The van der Waals surface area contributed by atoms with Gasteiger partial charge in [-0.1, -0.05) is 30.3 Å². The van der Waals surface area contributed by atoms with Crippen LogP contribution in [0.2, 0.25) is 0 Å². The third-order valence-electron chi connectivity index (χ3n) is 5.58. The average Bonchev–Trinajstić information content (AvgIpc) is 2.70. The Morgan fingerprint density at radius 1 is 0.889 bits per heavy atom. The Balaban J connectivity index is 1.36. The van der Waals surface area contributed by atoms with Crippen molar-refractivity contribution in [1.82, 2.24) is 20.0 Å². The van der Waals surface area contributed by atoms with Gasteiger partial charge in [0.2, 0.25) is 11.8 Å². The van der Waals surface area contributed by atoms with E-state index in [9.17, 15) is 9.59 Å². The maximum atomic E-state index is 12.4. The van der Waals surface area contributed by atoms with Gasteiger partial charge in [0.1, 0.15) is 0 Å². The Bertz CT molecular complexity index is 608. The minimum absolute atomic E-state index is 0.0159. The maximum Gasteiger partial charge on any atom is 0.236 e. The Hall–Kier alpha value is -1.92. The normalized spacial score (nSPS) is 20.3. The number of nitrogens with zero attached hydrogens (tertiary/aromatic N) is 3. The van der Waals surface area contributed by atoms with E-state index in [2.05, 4.69) is 15.1 Å². The van der Waals surface area contributed by atoms with Gasteiger partial charge < -0.3 is 10.2 Å². The second-order valence-electron chi connectivity index (χ2n) is 7.69.